The van der Waals surface area contributed by atoms with Crippen molar-refractivity contribution in [3.8, 4) is 5.75 Å². The lowest BCUT2D eigenvalue weighted by Crippen LogP contribution is -2.18. The highest BCUT2D eigenvalue weighted by Gasteiger charge is 2.22. The van der Waals surface area contributed by atoms with Crippen molar-refractivity contribution in [2.75, 3.05) is 13.7 Å². The van der Waals surface area contributed by atoms with Gasteiger partial charge in [-0.15, -0.1) is 0 Å². The third-order valence-electron chi connectivity index (χ3n) is 5.73. The summed E-state index contributed by atoms with van der Waals surface area (Å²) in [5.74, 6) is -0.208. The summed E-state index contributed by atoms with van der Waals surface area (Å²) in [6.07, 6.45) is 1.98. The maximum Gasteiger partial charge on any atom is 0.352 e. The number of benzene rings is 3. The third kappa shape index (κ3) is 4.84. The van der Waals surface area contributed by atoms with Gasteiger partial charge in [0.2, 0.25) is 0 Å². The molecule has 1 heterocycles. The van der Waals surface area contributed by atoms with E-state index in [-0.39, 0.29) is 0 Å². The molecule has 0 atom stereocenters. The van der Waals surface area contributed by atoms with Gasteiger partial charge in [-0.25, -0.2) is 4.79 Å². The average Bonchev–Trinajstić information content (AvgIpc) is 3.13. The van der Waals surface area contributed by atoms with Crippen molar-refractivity contribution in [2.24, 2.45) is 0 Å². The van der Waals surface area contributed by atoms with Crippen LogP contribution in [0.25, 0.3) is 10.9 Å². The van der Waals surface area contributed by atoms with Crippen LogP contribution in [0.4, 0.5) is 0 Å². The molecule has 3 aromatic carbocycles. The minimum absolute atomic E-state index is 0.327. The molecule has 5 nitrogen and oxygen atoms in total. The zero-order valence-electron chi connectivity index (χ0n) is 18.3. The number of rotatable bonds is 10. The number of ether oxygens (including phenoxy) is 1. The molecule has 4 rings (SSSR count). The molecule has 0 unspecified atom stereocenters. The standard InChI is InChI=1S/C27H28N2O3/c1-32-22-14-15-23-24(18-28-16-8-13-20-9-4-2-5-10-20)26(27(30)31)29(25(23)17-22)19-21-11-6-3-7-12-21/h2-7,9-12,14-15,17,28H,8,13,16,18-19H2,1H3,(H,30,31). The third-order valence-corrected chi connectivity index (χ3v) is 5.73. The van der Waals surface area contributed by atoms with Crippen LogP contribution in [-0.4, -0.2) is 29.3 Å². The van der Waals surface area contributed by atoms with E-state index < -0.39 is 5.97 Å². The summed E-state index contributed by atoms with van der Waals surface area (Å²) in [6, 6.07) is 26.1. The first-order chi connectivity index (χ1) is 15.7. The Bertz CT molecular complexity index is 1180. The lowest BCUT2D eigenvalue weighted by molar-refractivity contribution is 0.0684. The summed E-state index contributed by atoms with van der Waals surface area (Å²) in [5, 5.41) is 14.5. The van der Waals surface area contributed by atoms with Gasteiger partial charge in [-0.1, -0.05) is 60.7 Å². The zero-order valence-corrected chi connectivity index (χ0v) is 18.3. The second-order valence-electron chi connectivity index (χ2n) is 7.85. The van der Waals surface area contributed by atoms with Crippen molar-refractivity contribution in [1.82, 2.24) is 9.88 Å². The van der Waals surface area contributed by atoms with Gasteiger partial charge in [0.05, 0.1) is 12.6 Å². The van der Waals surface area contributed by atoms with Gasteiger partial charge >= 0.3 is 5.97 Å². The van der Waals surface area contributed by atoms with E-state index in [1.807, 2.05) is 59.2 Å². The molecule has 5 heteroatoms. The second-order valence-corrected chi connectivity index (χ2v) is 7.85. The predicted molar refractivity (Wildman–Crippen MR) is 127 cm³/mol. The molecule has 0 aliphatic rings. The number of aryl methyl sites for hydroxylation is 1. The number of carboxylic acids is 1. The van der Waals surface area contributed by atoms with Crippen molar-refractivity contribution in [3.05, 3.63) is 101 Å². The van der Waals surface area contributed by atoms with Gasteiger partial charge in [-0.05, 0) is 42.6 Å². The smallest absolute Gasteiger partial charge is 0.352 e. The highest BCUT2D eigenvalue weighted by atomic mass is 16.5. The van der Waals surface area contributed by atoms with E-state index in [0.29, 0.717) is 24.5 Å². The number of nitrogens with zero attached hydrogens (tertiary/aromatic N) is 1. The van der Waals surface area contributed by atoms with Gasteiger partial charge in [-0.2, -0.15) is 0 Å². The highest BCUT2D eigenvalue weighted by molar-refractivity contribution is 5.98. The minimum Gasteiger partial charge on any atom is -0.497 e. The van der Waals surface area contributed by atoms with E-state index >= 15 is 0 Å². The number of nitrogens with one attached hydrogen (secondary N) is 1. The number of carbonyl (C=O) groups is 1. The fourth-order valence-corrected chi connectivity index (χ4v) is 4.16. The Balaban J connectivity index is 1.60. The Morgan fingerprint density at radius 3 is 2.31 bits per heavy atom. The van der Waals surface area contributed by atoms with Crippen LogP contribution in [0.3, 0.4) is 0 Å². The zero-order chi connectivity index (χ0) is 22.3. The molecule has 0 saturated carbocycles. The lowest BCUT2D eigenvalue weighted by atomic mass is 10.1. The molecule has 1 aromatic heterocycles. The van der Waals surface area contributed by atoms with E-state index in [1.165, 1.54) is 5.56 Å². The number of hydrogen-bond acceptors (Lipinski definition) is 3. The molecule has 0 amide bonds. The molecule has 0 spiro atoms. The fourth-order valence-electron chi connectivity index (χ4n) is 4.16. The number of aromatic nitrogens is 1. The monoisotopic (exact) mass is 428 g/mol. The van der Waals surface area contributed by atoms with Crippen LogP contribution in [0.15, 0.2) is 78.9 Å². The number of aromatic carboxylic acids is 1. The molecule has 0 aliphatic carbocycles. The summed E-state index contributed by atoms with van der Waals surface area (Å²) in [5.41, 5.74) is 4.37. The summed E-state index contributed by atoms with van der Waals surface area (Å²) in [7, 11) is 1.62. The predicted octanol–water partition coefficient (Wildman–Crippen LogP) is 5.12. The fraction of sp³-hybridized carbons (Fsp3) is 0.222. The van der Waals surface area contributed by atoms with E-state index in [4.69, 9.17) is 4.74 Å². The van der Waals surface area contributed by atoms with E-state index in [0.717, 1.165) is 41.4 Å². The Labute approximate surface area is 188 Å². The Morgan fingerprint density at radius 1 is 0.969 bits per heavy atom. The van der Waals surface area contributed by atoms with Gasteiger partial charge in [0, 0.05) is 30.1 Å². The molecular formula is C27H28N2O3. The number of methoxy groups -OCH3 is 1. The molecule has 0 aliphatic heterocycles. The Morgan fingerprint density at radius 2 is 1.66 bits per heavy atom. The molecule has 4 aromatic rings. The van der Waals surface area contributed by atoms with Gasteiger partial charge < -0.3 is 19.7 Å². The van der Waals surface area contributed by atoms with Gasteiger partial charge in [0.25, 0.3) is 0 Å². The van der Waals surface area contributed by atoms with Crippen LogP contribution in [0, 0.1) is 0 Å². The molecule has 32 heavy (non-hydrogen) atoms. The molecule has 0 fully saturated rings. The molecule has 0 saturated heterocycles. The largest absolute Gasteiger partial charge is 0.497 e. The van der Waals surface area contributed by atoms with Crippen LogP contribution in [-0.2, 0) is 19.5 Å². The van der Waals surface area contributed by atoms with E-state index in [2.05, 4.69) is 29.6 Å². The average molecular weight is 429 g/mol. The first kappa shape index (κ1) is 21.7. The van der Waals surface area contributed by atoms with Crippen LogP contribution in [0.2, 0.25) is 0 Å². The summed E-state index contributed by atoms with van der Waals surface area (Å²) in [6.45, 7) is 1.80. The van der Waals surface area contributed by atoms with E-state index in [9.17, 15) is 9.90 Å². The van der Waals surface area contributed by atoms with Crippen molar-refractivity contribution >= 4 is 16.9 Å². The van der Waals surface area contributed by atoms with Crippen LogP contribution in [0.5, 0.6) is 5.75 Å². The maximum absolute atomic E-state index is 12.4. The first-order valence-corrected chi connectivity index (χ1v) is 10.9. The molecule has 0 bridgehead atoms. The highest BCUT2D eigenvalue weighted by Crippen LogP contribution is 2.30. The molecule has 2 N–H and O–H groups in total. The van der Waals surface area contributed by atoms with Crippen LogP contribution in [0.1, 0.15) is 33.6 Å². The SMILES string of the molecule is COc1ccc2c(CNCCCc3ccccc3)c(C(=O)O)n(Cc3ccccc3)c2c1. The van der Waals surface area contributed by atoms with Gasteiger partial charge in [0.15, 0.2) is 0 Å². The summed E-state index contributed by atoms with van der Waals surface area (Å²) < 4.78 is 7.30. The number of hydrogen-bond donors (Lipinski definition) is 2. The molecule has 0 radical (unpaired) electrons. The van der Waals surface area contributed by atoms with Crippen LogP contribution >= 0.6 is 0 Å². The van der Waals surface area contributed by atoms with Crippen molar-refractivity contribution in [1.29, 1.82) is 0 Å². The molecular weight excluding hydrogens is 400 g/mol. The minimum atomic E-state index is -0.919. The molecule has 164 valence electrons. The Kier molecular flexibility index (Phi) is 6.87. The maximum atomic E-state index is 12.4. The van der Waals surface area contributed by atoms with Crippen molar-refractivity contribution in [3.63, 3.8) is 0 Å². The Hall–Kier alpha value is -3.57. The topological polar surface area (TPSA) is 63.5 Å². The lowest BCUT2D eigenvalue weighted by Gasteiger charge is -2.10. The number of carboxylic acid groups (broad SMARTS) is 1. The van der Waals surface area contributed by atoms with Crippen molar-refractivity contribution < 1.29 is 14.6 Å². The van der Waals surface area contributed by atoms with E-state index in [1.54, 1.807) is 7.11 Å². The second kappa shape index (κ2) is 10.2. The number of fused-ring (bicyclic) bond motifs is 1. The van der Waals surface area contributed by atoms with Crippen molar-refractivity contribution in [2.45, 2.75) is 25.9 Å². The normalized spacial score (nSPS) is 11.0. The first-order valence-electron chi connectivity index (χ1n) is 10.9. The van der Waals surface area contributed by atoms with Gasteiger partial charge in [0.1, 0.15) is 11.4 Å². The summed E-state index contributed by atoms with van der Waals surface area (Å²) in [4.78, 5) is 12.4. The van der Waals surface area contributed by atoms with Gasteiger partial charge in [-0.3, -0.25) is 0 Å². The quantitative estimate of drug-likeness (QED) is 0.344. The summed E-state index contributed by atoms with van der Waals surface area (Å²) >= 11 is 0. The van der Waals surface area contributed by atoms with Crippen LogP contribution < -0.4 is 10.1 Å².